The van der Waals surface area contributed by atoms with Crippen LogP contribution in [0.4, 0.5) is 5.82 Å². The van der Waals surface area contributed by atoms with Gasteiger partial charge in [-0.05, 0) is 24.3 Å². The molecule has 0 atom stereocenters. The van der Waals surface area contributed by atoms with Crippen LogP contribution in [0.1, 0.15) is 5.56 Å². The number of hydrogen-bond acceptors (Lipinski definition) is 4. The van der Waals surface area contributed by atoms with Crippen molar-refractivity contribution in [2.75, 3.05) is 5.73 Å². The molecular weight excluding hydrogens is 296 g/mol. The monoisotopic (exact) mass is 306 g/mol. The molecule has 2 aromatic heterocycles. The normalized spacial score (nSPS) is 10.2. The standard InChI is InChI=1S/C17H11ClN4/c18-15-6-2-1-5-12(15)13-8-16(11-4-3-7-21-10-11)22-17(20)14(13)9-19/h1-8,10H,(H2,20,22). The van der Waals surface area contributed by atoms with E-state index in [-0.39, 0.29) is 5.82 Å². The Morgan fingerprint density at radius 2 is 1.91 bits per heavy atom. The van der Waals surface area contributed by atoms with E-state index in [2.05, 4.69) is 16.0 Å². The number of aromatic nitrogens is 2. The Balaban J connectivity index is 2.28. The fraction of sp³-hybridized carbons (Fsp3) is 0. The van der Waals surface area contributed by atoms with E-state index in [1.165, 1.54) is 0 Å². The Hall–Kier alpha value is -2.90. The lowest BCUT2D eigenvalue weighted by Crippen LogP contribution is -2.00. The van der Waals surface area contributed by atoms with Crippen molar-refractivity contribution in [1.29, 1.82) is 5.26 Å². The molecule has 0 amide bonds. The van der Waals surface area contributed by atoms with Crippen LogP contribution in [0.2, 0.25) is 5.02 Å². The molecule has 0 spiro atoms. The van der Waals surface area contributed by atoms with Crippen LogP contribution in [0.5, 0.6) is 0 Å². The molecule has 4 nitrogen and oxygen atoms in total. The van der Waals surface area contributed by atoms with Crippen LogP contribution in [-0.2, 0) is 0 Å². The van der Waals surface area contributed by atoms with Gasteiger partial charge in [-0.25, -0.2) is 4.98 Å². The fourth-order valence-corrected chi connectivity index (χ4v) is 2.47. The predicted octanol–water partition coefficient (Wildman–Crippen LogP) is 3.92. The molecule has 0 aliphatic carbocycles. The van der Waals surface area contributed by atoms with Gasteiger partial charge in [-0.15, -0.1) is 0 Å². The summed E-state index contributed by atoms with van der Waals surface area (Å²) in [6.45, 7) is 0. The van der Waals surface area contributed by atoms with Crippen molar-refractivity contribution in [2.24, 2.45) is 0 Å². The zero-order chi connectivity index (χ0) is 15.5. The van der Waals surface area contributed by atoms with Gasteiger partial charge < -0.3 is 5.73 Å². The number of nitrogen functional groups attached to an aromatic ring is 1. The van der Waals surface area contributed by atoms with E-state index in [1.54, 1.807) is 18.5 Å². The van der Waals surface area contributed by atoms with Gasteiger partial charge in [0.25, 0.3) is 0 Å². The Morgan fingerprint density at radius 1 is 1.09 bits per heavy atom. The van der Waals surface area contributed by atoms with E-state index < -0.39 is 0 Å². The Bertz CT molecular complexity index is 870. The Morgan fingerprint density at radius 3 is 2.59 bits per heavy atom. The summed E-state index contributed by atoms with van der Waals surface area (Å²) in [4.78, 5) is 8.38. The average Bonchev–Trinajstić information content (AvgIpc) is 2.55. The molecule has 2 N–H and O–H groups in total. The molecule has 0 aliphatic rings. The second-order valence-corrected chi connectivity index (χ2v) is 5.06. The number of benzene rings is 1. The Labute approximate surface area is 132 Å². The first kappa shape index (κ1) is 14.1. The molecule has 0 radical (unpaired) electrons. The molecule has 3 aromatic rings. The highest BCUT2D eigenvalue weighted by molar-refractivity contribution is 6.33. The number of anilines is 1. The number of halogens is 1. The summed E-state index contributed by atoms with van der Waals surface area (Å²) >= 11 is 6.26. The quantitative estimate of drug-likeness (QED) is 0.778. The first-order chi connectivity index (χ1) is 10.7. The first-order valence-electron chi connectivity index (χ1n) is 6.56. The molecule has 0 saturated heterocycles. The van der Waals surface area contributed by atoms with Gasteiger partial charge in [-0.1, -0.05) is 29.8 Å². The summed E-state index contributed by atoms with van der Waals surface area (Å²) in [5.41, 5.74) is 9.17. The second-order valence-electron chi connectivity index (χ2n) is 4.65. The van der Waals surface area contributed by atoms with Crippen LogP contribution in [0, 0.1) is 11.3 Å². The molecule has 0 bridgehead atoms. The third-order valence-electron chi connectivity index (χ3n) is 3.28. The second kappa shape index (κ2) is 5.84. The number of hydrogen-bond donors (Lipinski definition) is 1. The van der Waals surface area contributed by atoms with Crippen molar-refractivity contribution in [3.8, 4) is 28.5 Å². The van der Waals surface area contributed by atoms with Gasteiger partial charge in [0.2, 0.25) is 0 Å². The lowest BCUT2D eigenvalue weighted by atomic mass is 9.99. The average molecular weight is 307 g/mol. The molecule has 22 heavy (non-hydrogen) atoms. The van der Waals surface area contributed by atoms with Crippen molar-refractivity contribution < 1.29 is 0 Å². The molecule has 0 saturated carbocycles. The largest absolute Gasteiger partial charge is 0.383 e. The van der Waals surface area contributed by atoms with Gasteiger partial charge in [-0.3, -0.25) is 4.98 Å². The van der Waals surface area contributed by atoms with Gasteiger partial charge in [0.1, 0.15) is 17.5 Å². The van der Waals surface area contributed by atoms with Gasteiger partial charge >= 0.3 is 0 Å². The van der Waals surface area contributed by atoms with E-state index in [0.29, 0.717) is 21.8 Å². The SMILES string of the molecule is N#Cc1c(-c2ccccc2Cl)cc(-c2cccnc2)nc1N. The summed E-state index contributed by atoms with van der Waals surface area (Å²) in [5.74, 6) is 0.179. The maximum absolute atomic E-state index is 9.39. The topological polar surface area (TPSA) is 75.6 Å². The number of nitrogens with zero attached hydrogens (tertiary/aromatic N) is 3. The summed E-state index contributed by atoms with van der Waals surface area (Å²) in [6.07, 6.45) is 3.38. The minimum atomic E-state index is 0.179. The molecule has 3 rings (SSSR count). The van der Waals surface area contributed by atoms with Crippen molar-refractivity contribution >= 4 is 17.4 Å². The van der Waals surface area contributed by atoms with E-state index in [9.17, 15) is 5.26 Å². The molecule has 106 valence electrons. The van der Waals surface area contributed by atoms with Crippen LogP contribution < -0.4 is 5.73 Å². The van der Waals surface area contributed by atoms with Crippen LogP contribution in [0.15, 0.2) is 54.9 Å². The maximum Gasteiger partial charge on any atom is 0.142 e. The smallest absolute Gasteiger partial charge is 0.142 e. The highest BCUT2D eigenvalue weighted by Crippen LogP contribution is 2.34. The number of rotatable bonds is 2. The molecule has 0 fully saturated rings. The van der Waals surface area contributed by atoms with Crippen LogP contribution in [0.25, 0.3) is 22.4 Å². The van der Waals surface area contributed by atoms with Gasteiger partial charge in [0.15, 0.2) is 0 Å². The fourth-order valence-electron chi connectivity index (χ4n) is 2.24. The Kier molecular flexibility index (Phi) is 3.73. The summed E-state index contributed by atoms with van der Waals surface area (Å²) in [6, 6.07) is 15.0. The van der Waals surface area contributed by atoms with E-state index in [4.69, 9.17) is 17.3 Å². The molecule has 2 heterocycles. The van der Waals surface area contributed by atoms with E-state index in [1.807, 2.05) is 36.4 Å². The first-order valence-corrected chi connectivity index (χ1v) is 6.94. The summed E-state index contributed by atoms with van der Waals surface area (Å²) < 4.78 is 0. The van der Waals surface area contributed by atoms with Crippen LogP contribution in [0.3, 0.4) is 0 Å². The summed E-state index contributed by atoms with van der Waals surface area (Å²) in [5, 5.41) is 9.94. The van der Waals surface area contributed by atoms with Crippen LogP contribution in [-0.4, -0.2) is 9.97 Å². The third kappa shape index (κ3) is 2.50. The van der Waals surface area contributed by atoms with Crippen molar-refractivity contribution in [1.82, 2.24) is 9.97 Å². The van der Waals surface area contributed by atoms with Gasteiger partial charge in [0, 0.05) is 34.1 Å². The van der Waals surface area contributed by atoms with Gasteiger partial charge in [0.05, 0.1) is 5.69 Å². The minimum absolute atomic E-state index is 0.179. The minimum Gasteiger partial charge on any atom is -0.383 e. The highest BCUT2D eigenvalue weighted by Gasteiger charge is 2.15. The molecular formula is C17H11ClN4. The zero-order valence-corrected chi connectivity index (χ0v) is 12.2. The van der Waals surface area contributed by atoms with Crippen molar-refractivity contribution in [3.05, 3.63) is 65.4 Å². The van der Waals surface area contributed by atoms with Gasteiger partial charge in [-0.2, -0.15) is 5.26 Å². The lowest BCUT2D eigenvalue weighted by molar-refractivity contribution is 1.27. The lowest BCUT2D eigenvalue weighted by Gasteiger charge is -2.11. The third-order valence-corrected chi connectivity index (χ3v) is 3.61. The molecule has 0 aliphatic heterocycles. The highest BCUT2D eigenvalue weighted by atomic mass is 35.5. The predicted molar refractivity (Wildman–Crippen MR) is 87.0 cm³/mol. The summed E-state index contributed by atoms with van der Waals surface area (Å²) in [7, 11) is 0. The number of nitrogens with two attached hydrogens (primary N) is 1. The molecule has 1 aromatic carbocycles. The number of pyridine rings is 2. The zero-order valence-electron chi connectivity index (χ0n) is 11.5. The van der Waals surface area contributed by atoms with Crippen molar-refractivity contribution in [2.45, 2.75) is 0 Å². The van der Waals surface area contributed by atoms with E-state index >= 15 is 0 Å². The molecule has 5 heteroatoms. The van der Waals surface area contributed by atoms with Crippen LogP contribution >= 0.6 is 11.6 Å². The number of nitriles is 1. The molecule has 0 unspecified atom stereocenters. The maximum atomic E-state index is 9.39. The van der Waals surface area contributed by atoms with E-state index in [0.717, 1.165) is 11.1 Å². The van der Waals surface area contributed by atoms with Crippen molar-refractivity contribution in [3.63, 3.8) is 0 Å².